The Hall–Kier alpha value is -0.840. The second kappa shape index (κ2) is 4.59. The number of nitrogens with two attached hydrogens (primary N) is 1. The number of nitrogen functional groups attached to an aromatic ring is 1. The molecule has 1 heterocycles. The van der Waals surface area contributed by atoms with Crippen molar-refractivity contribution in [1.82, 2.24) is 9.78 Å². The first-order chi connectivity index (χ1) is 6.56. The molecule has 0 aliphatic rings. The highest BCUT2D eigenvalue weighted by molar-refractivity contribution is 7.98. The fourth-order valence-corrected chi connectivity index (χ4v) is 1.95. The summed E-state index contributed by atoms with van der Waals surface area (Å²) >= 11 is 1.81. The van der Waals surface area contributed by atoms with Gasteiger partial charge in [-0.05, 0) is 20.1 Å². The summed E-state index contributed by atoms with van der Waals surface area (Å²) < 4.78 is 1.79. The SMILES string of the molecule is CSCC(C)Nc1c(N)c(C)nn1C. The molecule has 0 aromatic carbocycles. The van der Waals surface area contributed by atoms with Crippen LogP contribution in [0.15, 0.2) is 0 Å². The van der Waals surface area contributed by atoms with Crippen LogP contribution in [0.5, 0.6) is 0 Å². The number of nitrogens with zero attached hydrogens (tertiary/aromatic N) is 2. The molecule has 0 fully saturated rings. The Balaban J connectivity index is 2.75. The lowest BCUT2D eigenvalue weighted by molar-refractivity contribution is 0.747. The first-order valence-electron chi connectivity index (χ1n) is 4.60. The van der Waals surface area contributed by atoms with Gasteiger partial charge in [0.15, 0.2) is 0 Å². The maximum atomic E-state index is 5.90. The number of hydrogen-bond donors (Lipinski definition) is 2. The topological polar surface area (TPSA) is 55.9 Å². The van der Waals surface area contributed by atoms with E-state index < -0.39 is 0 Å². The van der Waals surface area contributed by atoms with Crippen molar-refractivity contribution in [2.75, 3.05) is 23.1 Å². The number of thioether (sulfide) groups is 1. The molecule has 0 amide bonds. The van der Waals surface area contributed by atoms with E-state index in [1.165, 1.54) is 0 Å². The third kappa shape index (κ3) is 2.35. The van der Waals surface area contributed by atoms with E-state index >= 15 is 0 Å². The smallest absolute Gasteiger partial charge is 0.148 e. The van der Waals surface area contributed by atoms with Crippen LogP contribution in [0.1, 0.15) is 12.6 Å². The molecule has 0 spiro atoms. The Labute approximate surface area is 89.2 Å². The van der Waals surface area contributed by atoms with Crippen LogP contribution in [0.4, 0.5) is 11.5 Å². The van der Waals surface area contributed by atoms with Crippen LogP contribution in [0.2, 0.25) is 0 Å². The first-order valence-corrected chi connectivity index (χ1v) is 6.00. The lowest BCUT2D eigenvalue weighted by Gasteiger charge is -2.14. The quantitative estimate of drug-likeness (QED) is 0.797. The van der Waals surface area contributed by atoms with Gasteiger partial charge >= 0.3 is 0 Å². The Bertz CT molecular complexity index is 308. The van der Waals surface area contributed by atoms with Crippen LogP contribution < -0.4 is 11.1 Å². The molecular formula is C9H18N4S. The average molecular weight is 214 g/mol. The van der Waals surface area contributed by atoms with Gasteiger partial charge in [-0.3, -0.25) is 4.68 Å². The predicted octanol–water partition coefficient (Wildman–Crippen LogP) is 1.47. The Morgan fingerprint density at radius 1 is 1.64 bits per heavy atom. The van der Waals surface area contributed by atoms with Crippen LogP contribution in [-0.2, 0) is 7.05 Å². The second-order valence-corrected chi connectivity index (χ2v) is 4.38. The van der Waals surface area contributed by atoms with E-state index in [0.29, 0.717) is 6.04 Å². The van der Waals surface area contributed by atoms with Crippen molar-refractivity contribution in [2.24, 2.45) is 7.05 Å². The number of rotatable bonds is 4. The molecule has 5 heteroatoms. The average Bonchev–Trinajstić information content (AvgIpc) is 2.33. The third-order valence-corrected chi connectivity index (χ3v) is 2.90. The zero-order chi connectivity index (χ0) is 10.7. The van der Waals surface area contributed by atoms with Gasteiger partial charge in [-0.2, -0.15) is 16.9 Å². The fraction of sp³-hybridized carbons (Fsp3) is 0.667. The molecule has 1 aromatic rings. The molecule has 1 rings (SSSR count). The molecule has 1 unspecified atom stereocenters. The maximum absolute atomic E-state index is 5.90. The molecule has 0 aliphatic carbocycles. The number of hydrogen-bond acceptors (Lipinski definition) is 4. The van der Waals surface area contributed by atoms with Crippen LogP contribution >= 0.6 is 11.8 Å². The second-order valence-electron chi connectivity index (χ2n) is 3.47. The Morgan fingerprint density at radius 2 is 2.29 bits per heavy atom. The van der Waals surface area contributed by atoms with Crippen molar-refractivity contribution in [3.8, 4) is 0 Å². The summed E-state index contributed by atoms with van der Waals surface area (Å²) in [6, 6.07) is 0.405. The zero-order valence-electron chi connectivity index (χ0n) is 9.16. The normalized spacial score (nSPS) is 12.9. The highest BCUT2D eigenvalue weighted by atomic mass is 32.2. The highest BCUT2D eigenvalue weighted by Gasteiger charge is 2.11. The van der Waals surface area contributed by atoms with E-state index in [4.69, 9.17) is 5.73 Å². The van der Waals surface area contributed by atoms with Crippen LogP contribution in [0.3, 0.4) is 0 Å². The fourth-order valence-electron chi connectivity index (χ4n) is 1.37. The molecule has 0 saturated heterocycles. The van der Waals surface area contributed by atoms with Crippen LogP contribution in [-0.4, -0.2) is 27.8 Å². The van der Waals surface area contributed by atoms with Crippen LogP contribution in [0, 0.1) is 6.92 Å². The van der Waals surface area contributed by atoms with Gasteiger partial charge in [0.2, 0.25) is 0 Å². The van der Waals surface area contributed by atoms with E-state index in [1.807, 2.05) is 25.7 Å². The molecule has 0 bridgehead atoms. The molecule has 80 valence electrons. The molecule has 0 aliphatic heterocycles. The summed E-state index contributed by atoms with van der Waals surface area (Å²) in [6.45, 7) is 4.05. The van der Waals surface area contributed by atoms with Gasteiger partial charge in [0.1, 0.15) is 5.82 Å². The minimum atomic E-state index is 0.405. The third-order valence-electron chi connectivity index (χ3n) is 2.07. The minimum Gasteiger partial charge on any atom is -0.394 e. The van der Waals surface area contributed by atoms with Crippen molar-refractivity contribution < 1.29 is 0 Å². The van der Waals surface area contributed by atoms with Crippen molar-refractivity contribution in [3.63, 3.8) is 0 Å². The number of aromatic nitrogens is 2. The molecule has 4 nitrogen and oxygen atoms in total. The summed E-state index contributed by atoms with van der Waals surface area (Å²) in [4.78, 5) is 0. The largest absolute Gasteiger partial charge is 0.394 e. The Morgan fingerprint density at radius 3 is 2.71 bits per heavy atom. The van der Waals surface area contributed by atoms with Crippen molar-refractivity contribution >= 4 is 23.3 Å². The molecule has 3 N–H and O–H groups in total. The lowest BCUT2D eigenvalue weighted by Crippen LogP contribution is -2.20. The summed E-state index contributed by atoms with van der Waals surface area (Å²) in [6.07, 6.45) is 2.09. The van der Waals surface area contributed by atoms with Gasteiger partial charge in [-0.1, -0.05) is 0 Å². The Kier molecular flexibility index (Phi) is 3.69. The summed E-state index contributed by atoms with van der Waals surface area (Å²) in [5.74, 6) is 1.98. The van der Waals surface area contributed by atoms with E-state index in [2.05, 4.69) is 23.6 Å². The van der Waals surface area contributed by atoms with Gasteiger partial charge in [0, 0.05) is 18.8 Å². The number of anilines is 2. The molecule has 1 aromatic heterocycles. The number of nitrogens with one attached hydrogen (secondary N) is 1. The van der Waals surface area contributed by atoms with Crippen LogP contribution in [0.25, 0.3) is 0 Å². The van der Waals surface area contributed by atoms with Gasteiger partial charge in [0.25, 0.3) is 0 Å². The van der Waals surface area contributed by atoms with Crippen molar-refractivity contribution in [3.05, 3.63) is 5.69 Å². The lowest BCUT2D eigenvalue weighted by atomic mass is 10.3. The first kappa shape index (κ1) is 11.2. The zero-order valence-corrected chi connectivity index (χ0v) is 9.98. The molecular weight excluding hydrogens is 196 g/mol. The monoisotopic (exact) mass is 214 g/mol. The number of aryl methyl sites for hydroxylation is 2. The van der Waals surface area contributed by atoms with E-state index in [0.717, 1.165) is 23.0 Å². The molecule has 14 heavy (non-hydrogen) atoms. The van der Waals surface area contributed by atoms with E-state index in [9.17, 15) is 0 Å². The van der Waals surface area contributed by atoms with Gasteiger partial charge in [0.05, 0.1) is 11.4 Å². The van der Waals surface area contributed by atoms with Gasteiger partial charge < -0.3 is 11.1 Å². The van der Waals surface area contributed by atoms with Gasteiger partial charge in [-0.25, -0.2) is 0 Å². The maximum Gasteiger partial charge on any atom is 0.148 e. The van der Waals surface area contributed by atoms with Crippen molar-refractivity contribution in [2.45, 2.75) is 19.9 Å². The van der Waals surface area contributed by atoms with Crippen molar-refractivity contribution in [1.29, 1.82) is 0 Å². The molecule has 0 saturated carbocycles. The summed E-state index contributed by atoms with van der Waals surface area (Å²) in [5, 5.41) is 7.60. The molecule has 0 radical (unpaired) electrons. The molecule has 1 atom stereocenters. The minimum absolute atomic E-state index is 0.405. The van der Waals surface area contributed by atoms with E-state index in [-0.39, 0.29) is 0 Å². The summed E-state index contributed by atoms with van der Waals surface area (Å²) in [5.41, 5.74) is 7.53. The highest BCUT2D eigenvalue weighted by Crippen LogP contribution is 2.21. The standard InChI is InChI=1S/C9H18N4S/c1-6(5-14-4)11-9-8(10)7(2)12-13(9)3/h6,11H,5,10H2,1-4H3. The predicted molar refractivity (Wildman–Crippen MR) is 63.8 cm³/mol. The summed E-state index contributed by atoms with van der Waals surface area (Å²) in [7, 11) is 1.90. The van der Waals surface area contributed by atoms with Gasteiger partial charge in [-0.15, -0.1) is 0 Å². The van der Waals surface area contributed by atoms with E-state index in [1.54, 1.807) is 4.68 Å².